The lowest BCUT2D eigenvalue weighted by Gasteiger charge is -2.30. The Hall–Kier alpha value is -2.81. The van der Waals surface area contributed by atoms with Crippen molar-refractivity contribution < 1.29 is 14.4 Å². The number of nitrogens with zero attached hydrogens (tertiary/aromatic N) is 6. The number of aryl methyl sites for hydroxylation is 1. The first-order valence-corrected chi connectivity index (χ1v) is 11.6. The van der Waals surface area contributed by atoms with Crippen LogP contribution in [-0.2, 0) is 28.1 Å². The van der Waals surface area contributed by atoms with E-state index in [2.05, 4.69) is 15.4 Å². The van der Waals surface area contributed by atoms with Gasteiger partial charge in [-0.25, -0.2) is 5.06 Å². The number of benzene rings is 1. The van der Waals surface area contributed by atoms with Crippen molar-refractivity contribution in [2.24, 2.45) is 18.9 Å². The molecule has 1 aromatic heterocycles. The summed E-state index contributed by atoms with van der Waals surface area (Å²) in [5.74, 6) is 0.853. The smallest absolute Gasteiger partial charge is 0.233 e. The van der Waals surface area contributed by atoms with Gasteiger partial charge in [0.25, 0.3) is 0 Å². The van der Waals surface area contributed by atoms with Gasteiger partial charge in [-0.1, -0.05) is 56.0 Å². The van der Waals surface area contributed by atoms with E-state index in [1.165, 1.54) is 22.7 Å². The molecule has 2 heterocycles. The molecule has 0 spiro atoms. The third kappa shape index (κ3) is 5.51. The molecule has 9 heteroatoms. The van der Waals surface area contributed by atoms with Gasteiger partial charge in [0.1, 0.15) is 6.61 Å². The molecule has 172 valence electrons. The Balaban J connectivity index is 1.46. The maximum Gasteiger partial charge on any atom is 0.233 e. The SMILES string of the molecule is Cn1nnc([C@@H]2CCCN2C(=O)[C@@H](CC2CCCC2)CN(C=O)OCc2ccccc2)n1. The van der Waals surface area contributed by atoms with Crippen molar-refractivity contribution in [2.75, 3.05) is 13.1 Å². The quantitative estimate of drug-likeness (QED) is 0.417. The maximum atomic E-state index is 13.7. The lowest BCUT2D eigenvalue weighted by Crippen LogP contribution is -2.42. The van der Waals surface area contributed by atoms with Crippen LogP contribution in [0.2, 0.25) is 0 Å². The Kier molecular flexibility index (Phi) is 7.47. The predicted octanol–water partition coefficient (Wildman–Crippen LogP) is 2.66. The fourth-order valence-electron chi connectivity index (χ4n) is 4.94. The number of amides is 2. The second kappa shape index (κ2) is 10.7. The lowest BCUT2D eigenvalue weighted by atomic mass is 9.91. The minimum absolute atomic E-state index is 0.0574. The third-order valence-electron chi connectivity index (χ3n) is 6.56. The van der Waals surface area contributed by atoms with Crippen LogP contribution < -0.4 is 0 Å². The fourth-order valence-corrected chi connectivity index (χ4v) is 4.94. The van der Waals surface area contributed by atoms with E-state index in [1.807, 2.05) is 35.2 Å². The lowest BCUT2D eigenvalue weighted by molar-refractivity contribution is -0.183. The molecule has 2 amide bonds. The van der Waals surface area contributed by atoms with Crippen molar-refractivity contribution in [3.63, 3.8) is 0 Å². The average molecular weight is 441 g/mol. The van der Waals surface area contributed by atoms with Gasteiger partial charge in [0.05, 0.1) is 25.6 Å². The minimum atomic E-state index is -0.309. The van der Waals surface area contributed by atoms with E-state index in [0.29, 0.717) is 31.3 Å². The van der Waals surface area contributed by atoms with Gasteiger partial charge in [-0.2, -0.15) is 4.80 Å². The second-order valence-electron chi connectivity index (χ2n) is 8.87. The summed E-state index contributed by atoms with van der Waals surface area (Å²) in [7, 11) is 1.73. The number of rotatable bonds is 10. The Morgan fingerprint density at radius 2 is 2.00 bits per heavy atom. The van der Waals surface area contributed by atoms with Gasteiger partial charge in [-0.15, -0.1) is 10.2 Å². The number of hydrogen-bond donors (Lipinski definition) is 0. The second-order valence-corrected chi connectivity index (χ2v) is 8.87. The Labute approximate surface area is 188 Å². The van der Waals surface area contributed by atoms with E-state index in [-0.39, 0.29) is 24.4 Å². The number of carbonyl (C=O) groups is 2. The highest BCUT2D eigenvalue weighted by molar-refractivity contribution is 5.80. The first-order chi connectivity index (χ1) is 15.6. The molecule has 32 heavy (non-hydrogen) atoms. The summed E-state index contributed by atoms with van der Waals surface area (Å²) in [6.45, 7) is 1.22. The van der Waals surface area contributed by atoms with E-state index in [9.17, 15) is 9.59 Å². The molecule has 4 rings (SSSR count). The monoisotopic (exact) mass is 440 g/mol. The zero-order valence-electron chi connectivity index (χ0n) is 18.7. The fraction of sp³-hybridized carbons (Fsp3) is 0.609. The zero-order chi connectivity index (χ0) is 22.3. The molecule has 1 aliphatic heterocycles. The number of hydrogen-bond acceptors (Lipinski definition) is 6. The van der Waals surface area contributed by atoms with E-state index < -0.39 is 0 Å². The molecule has 1 aliphatic carbocycles. The summed E-state index contributed by atoms with van der Waals surface area (Å²) in [4.78, 5) is 34.5. The summed E-state index contributed by atoms with van der Waals surface area (Å²) < 4.78 is 0. The van der Waals surface area contributed by atoms with Crippen LogP contribution in [-0.4, -0.2) is 55.6 Å². The average Bonchev–Trinajstić information content (AvgIpc) is 3.58. The number of aromatic nitrogens is 4. The van der Waals surface area contributed by atoms with Crippen molar-refractivity contribution >= 4 is 12.3 Å². The maximum absolute atomic E-state index is 13.7. The molecular formula is C23H32N6O3. The van der Waals surface area contributed by atoms with Crippen molar-refractivity contribution in [2.45, 2.75) is 57.6 Å². The highest BCUT2D eigenvalue weighted by Gasteiger charge is 2.38. The summed E-state index contributed by atoms with van der Waals surface area (Å²) in [6, 6.07) is 9.56. The van der Waals surface area contributed by atoms with Gasteiger partial charge in [-0.05, 0) is 36.0 Å². The van der Waals surface area contributed by atoms with Gasteiger partial charge in [0, 0.05) is 6.54 Å². The van der Waals surface area contributed by atoms with Crippen molar-refractivity contribution in [1.29, 1.82) is 0 Å². The molecule has 1 aromatic carbocycles. The molecule has 2 aliphatic rings. The van der Waals surface area contributed by atoms with Crippen molar-refractivity contribution in [3.8, 4) is 0 Å². The van der Waals surface area contributed by atoms with Gasteiger partial charge in [0.15, 0.2) is 5.82 Å². The van der Waals surface area contributed by atoms with E-state index in [0.717, 1.165) is 37.7 Å². The van der Waals surface area contributed by atoms with E-state index >= 15 is 0 Å². The Morgan fingerprint density at radius 3 is 2.69 bits per heavy atom. The third-order valence-corrected chi connectivity index (χ3v) is 6.56. The number of hydroxylamine groups is 2. The van der Waals surface area contributed by atoms with E-state index in [1.54, 1.807) is 7.05 Å². The number of likely N-dealkylation sites (tertiary alicyclic amines) is 1. The van der Waals surface area contributed by atoms with Gasteiger partial charge < -0.3 is 4.90 Å². The predicted molar refractivity (Wildman–Crippen MR) is 117 cm³/mol. The van der Waals surface area contributed by atoms with Gasteiger partial charge in [0.2, 0.25) is 12.3 Å². The summed E-state index contributed by atoms with van der Waals surface area (Å²) in [5.41, 5.74) is 0.978. The summed E-state index contributed by atoms with van der Waals surface area (Å²) >= 11 is 0. The molecule has 0 radical (unpaired) electrons. The summed E-state index contributed by atoms with van der Waals surface area (Å²) in [5, 5.41) is 13.7. The van der Waals surface area contributed by atoms with E-state index in [4.69, 9.17) is 4.84 Å². The van der Waals surface area contributed by atoms with Crippen LogP contribution in [0.3, 0.4) is 0 Å². The van der Waals surface area contributed by atoms with Crippen LogP contribution in [0.15, 0.2) is 30.3 Å². The number of carbonyl (C=O) groups excluding carboxylic acids is 2. The van der Waals surface area contributed by atoms with Crippen LogP contribution in [0.1, 0.15) is 62.4 Å². The molecule has 2 atom stereocenters. The normalized spacial score (nSPS) is 19.9. The van der Waals surface area contributed by atoms with Crippen molar-refractivity contribution in [3.05, 3.63) is 41.7 Å². The minimum Gasteiger partial charge on any atom is -0.332 e. The largest absolute Gasteiger partial charge is 0.332 e. The van der Waals surface area contributed by atoms with Crippen LogP contribution in [0.4, 0.5) is 0 Å². The van der Waals surface area contributed by atoms with Gasteiger partial charge >= 0.3 is 0 Å². The molecule has 1 saturated carbocycles. The molecular weight excluding hydrogens is 408 g/mol. The molecule has 2 fully saturated rings. The number of tetrazole rings is 1. The van der Waals surface area contributed by atoms with Crippen LogP contribution in [0, 0.1) is 11.8 Å². The first-order valence-electron chi connectivity index (χ1n) is 11.6. The molecule has 0 N–H and O–H groups in total. The molecule has 0 unspecified atom stereocenters. The topological polar surface area (TPSA) is 93.5 Å². The first kappa shape index (κ1) is 22.4. The molecule has 9 nitrogen and oxygen atoms in total. The highest BCUT2D eigenvalue weighted by atomic mass is 16.7. The standard InChI is InChI=1S/C23H32N6O3/c1-27-25-22(24-26-27)21-12-7-13-29(21)23(31)20(14-18-8-5-6-9-18)15-28(17-30)32-16-19-10-3-2-4-11-19/h2-4,10-11,17-18,20-21H,5-9,12-16H2,1H3/t20-,21-/m0/s1. The van der Waals surface area contributed by atoms with Gasteiger partial charge in [-0.3, -0.25) is 14.4 Å². The van der Waals surface area contributed by atoms with Crippen LogP contribution in [0.5, 0.6) is 0 Å². The zero-order valence-corrected chi connectivity index (χ0v) is 18.7. The summed E-state index contributed by atoms with van der Waals surface area (Å²) in [6.07, 6.45) is 7.91. The molecule has 1 saturated heterocycles. The van der Waals surface area contributed by atoms with Crippen molar-refractivity contribution in [1.82, 2.24) is 30.2 Å². The van der Waals surface area contributed by atoms with Crippen LogP contribution in [0.25, 0.3) is 0 Å². The molecule has 0 bridgehead atoms. The highest BCUT2D eigenvalue weighted by Crippen LogP contribution is 2.35. The Morgan fingerprint density at radius 1 is 1.22 bits per heavy atom. The molecule has 2 aromatic rings. The Bertz CT molecular complexity index is 883. The van der Waals surface area contributed by atoms with Crippen LogP contribution >= 0.6 is 0 Å².